The van der Waals surface area contributed by atoms with Crippen LogP contribution in [0.2, 0.25) is 0 Å². The standard InChI is InChI=1S/C9H12N2O3S2/c10-8(14)6-1-3-16-9(6)11-7(13)5-15-4-2-12/h1,3,12H,2,4-5H2,(H2,10,14)(H,11,13). The van der Waals surface area contributed by atoms with E-state index in [0.29, 0.717) is 16.3 Å². The topological polar surface area (TPSA) is 92.4 Å². The fraction of sp³-hybridized carbons (Fsp3) is 0.333. The summed E-state index contributed by atoms with van der Waals surface area (Å²) >= 11 is 2.58. The summed E-state index contributed by atoms with van der Waals surface area (Å²) in [5.41, 5.74) is 5.46. The molecule has 0 aliphatic rings. The van der Waals surface area contributed by atoms with Gasteiger partial charge in [0.15, 0.2) is 0 Å². The maximum absolute atomic E-state index is 11.4. The van der Waals surface area contributed by atoms with Crippen LogP contribution in [-0.4, -0.2) is 35.0 Å². The molecule has 0 bridgehead atoms. The fourth-order valence-electron chi connectivity index (χ4n) is 0.992. The predicted molar refractivity (Wildman–Crippen MR) is 65.9 cm³/mol. The molecule has 1 heterocycles. The van der Waals surface area contributed by atoms with Crippen LogP contribution in [0.1, 0.15) is 10.4 Å². The van der Waals surface area contributed by atoms with Crippen molar-refractivity contribution < 1.29 is 14.7 Å². The van der Waals surface area contributed by atoms with E-state index >= 15 is 0 Å². The highest BCUT2D eigenvalue weighted by Crippen LogP contribution is 2.22. The van der Waals surface area contributed by atoms with Gasteiger partial charge in [-0.2, -0.15) is 0 Å². The fourth-order valence-corrected chi connectivity index (χ4v) is 2.33. The first-order chi connectivity index (χ1) is 7.65. The zero-order chi connectivity index (χ0) is 12.0. The van der Waals surface area contributed by atoms with Crippen LogP contribution < -0.4 is 11.1 Å². The minimum Gasteiger partial charge on any atom is -0.396 e. The maximum atomic E-state index is 11.4. The predicted octanol–water partition coefficient (Wildman–Crippen LogP) is 0.511. The summed E-state index contributed by atoms with van der Waals surface area (Å²) < 4.78 is 0. The highest BCUT2D eigenvalue weighted by Gasteiger charge is 2.11. The summed E-state index contributed by atoms with van der Waals surface area (Å²) in [6.07, 6.45) is 0. The quantitative estimate of drug-likeness (QED) is 0.650. The zero-order valence-corrected chi connectivity index (χ0v) is 10.1. The summed E-state index contributed by atoms with van der Waals surface area (Å²) in [5.74, 6) is -0.0000369. The van der Waals surface area contributed by atoms with Gasteiger partial charge in [-0.15, -0.1) is 23.1 Å². The van der Waals surface area contributed by atoms with Gasteiger partial charge in [0, 0.05) is 5.75 Å². The number of rotatable bonds is 6. The Hall–Kier alpha value is -1.05. The number of hydrogen-bond acceptors (Lipinski definition) is 5. The van der Waals surface area contributed by atoms with Gasteiger partial charge in [0.25, 0.3) is 5.91 Å². The van der Waals surface area contributed by atoms with Crippen molar-refractivity contribution in [2.24, 2.45) is 5.73 Å². The van der Waals surface area contributed by atoms with Gasteiger partial charge in [0.1, 0.15) is 5.00 Å². The largest absolute Gasteiger partial charge is 0.396 e. The minimum atomic E-state index is -0.556. The van der Waals surface area contributed by atoms with E-state index in [1.807, 2.05) is 0 Å². The molecule has 0 atom stereocenters. The van der Waals surface area contributed by atoms with Crippen molar-refractivity contribution in [1.82, 2.24) is 0 Å². The molecule has 5 nitrogen and oxygen atoms in total. The van der Waals surface area contributed by atoms with Crippen LogP contribution in [-0.2, 0) is 4.79 Å². The molecule has 1 aromatic heterocycles. The Kier molecular flexibility index (Phi) is 5.30. The number of amides is 2. The molecule has 0 radical (unpaired) electrons. The van der Waals surface area contributed by atoms with Crippen LogP contribution in [0.15, 0.2) is 11.4 Å². The molecule has 0 saturated heterocycles. The molecule has 1 rings (SSSR count). The average molecular weight is 260 g/mol. The Labute approximate surface area is 101 Å². The first kappa shape index (κ1) is 13.0. The minimum absolute atomic E-state index is 0.0451. The second-order valence-corrected chi connectivity index (χ2v) is 4.87. The van der Waals surface area contributed by atoms with Gasteiger partial charge in [-0.05, 0) is 11.4 Å². The Morgan fingerprint density at radius 3 is 2.94 bits per heavy atom. The zero-order valence-electron chi connectivity index (χ0n) is 8.43. The number of aliphatic hydroxyl groups excluding tert-OH is 1. The summed E-state index contributed by atoms with van der Waals surface area (Å²) in [6.45, 7) is 0.0451. The number of aliphatic hydroxyl groups is 1. The van der Waals surface area contributed by atoms with Crippen LogP contribution in [0.4, 0.5) is 5.00 Å². The number of hydrogen-bond donors (Lipinski definition) is 3. The smallest absolute Gasteiger partial charge is 0.251 e. The SMILES string of the molecule is NC(=O)c1ccsc1NC(=O)CSCCO. The van der Waals surface area contributed by atoms with E-state index in [1.165, 1.54) is 23.1 Å². The number of anilines is 1. The second-order valence-electron chi connectivity index (χ2n) is 2.85. The van der Waals surface area contributed by atoms with Gasteiger partial charge < -0.3 is 16.2 Å². The molecule has 0 spiro atoms. The summed E-state index contributed by atoms with van der Waals surface area (Å²) in [4.78, 5) is 22.4. The number of thiophene rings is 1. The molecule has 0 aliphatic heterocycles. The third-order valence-corrected chi connectivity index (χ3v) is 3.42. The van der Waals surface area contributed by atoms with Gasteiger partial charge in [-0.1, -0.05) is 0 Å². The van der Waals surface area contributed by atoms with Crippen molar-refractivity contribution in [3.8, 4) is 0 Å². The van der Waals surface area contributed by atoms with Crippen molar-refractivity contribution in [2.75, 3.05) is 23.4 Å². The molecule has 0 aliphatic carbocycles. The number of primary amides is 1. The van der Waals surface area contributed by atoms with Crippen LogP contribution in [0, 0.1) is 0 Å². The van der Waals surface area contributed by atoms with Gasteiger partial charge in [0.2, 0.25) is 5.91 Å². The highest BCUT2D eigenvalue weighted by atomic mass is 32.2. The Bertz CT molecular complexity index is 379. The van der Waals surface area contributed by atoms with Crippen molar-refractivity contribution in [1.29, 1.82) is 0 Å². The first-order valence-corrected chi connectivity index (χ1v) is 6.54. The number of carbonyl (C=O) groups excluding carboxylic acids is 2. The third-order valence-electron chi connectivity index (χ3n) is 1.65. The normalized spacial score (nSPS) is 10.1. The average Bonchev–Trinajstić information content (AvgIpc) is 2.66. The molecular weight excluding hydrogens is 248 g/mol. The molecule has 0 saturated carbocycles. The monoisotopic (exact) mass is 260 g/mol. The first-order valence-electron chi connectivity index (χ1n) is 4.51. The Morgan fingerprint density at radius 2 is 2.31 bits per heavy atom. The van der Waals surface area contributed by atoms with Crippen molar-refractivity contribution >= 4 is 39.9 Å². The lowest BCUT2D eigenvalue weighted by atomic mass is 10.3. The van der Waals surface area contributed by atoms with Crippen molar-refractivity contribution in [3.05, 3.63) is 17.0 Å². The number of nitrogens with one attached hydrogen (secondary N) is 1. The number of thioether (sulfide) groups is 1. The lowest BCUT2D eigenvalue weighted by molar-refractivity contribution is -0.113. The van der Waals surface area contributed by atoms with E-state index in [1.54, 1.807) is 11.4 Å². The third kappa shape index (κ3) is 3.84. The van der Waals surface area contributed by atoms with E-state index in [2.05, 4.69) is 5.32 Å². The molecule has 16 heavy (non-hydrogen) atoms. The molecular formula is C9H12N2O3S2. The van der Waals surface area contributed by atoms with E-state index in [9.17, 15) is 9.59 Å². The van der Waals surface area contributed by atoms with Crippen LogP contribution in [0.3, 0.4) is 0 Å². The van der Waals surface area contributed by atoms with E-state index in [0.717, 1.165) is 0 Å². The molecule has 2 amide bonds. The molecule has 0 unspecified atom stereocenters. The Morgan fingerprint density at radius 1 is 1.56 bits per heavy atom. The Balaban J connectivity index is 2.49. The maximum Gasteiger partial charge on any atom is 0.251 e. The molecule has 0 aromatic carbocycles. The molecule has 88 valence electrons. The second kappa shape index (κ2) is 6.51. The van der Waals surface area contributed by atoms with E-state index in [4.69, 9.17) is 10.8 Å². The summed E-state index contributed by atoms with van der Waals surface area (Å²) in [7, 11) is 0. The van der Waals surface area contributed by atoms with Crippen LogP contribution >= 0.6 is 23.1 Å². The van der Waals surface area contributed by atoms with E-state index in [-0.39, 0.29) is 18.3 Å². The van der Waals surface area contributed by atoms with Gasteiger partial charge in [-0.25, -0.2) is 0 Å². The lowest BCUT2D eigenvalue weighted by Crippen LogP contribution is -2.18. The van der Waals surface area contributed by atoms with Gasteiger partial charge in [0.05, 0.1) is 17.9 Å². The van der Waals surface area contributed by atoms with Crippen molar-refractivity contribution in [3.63, 3.8) is 0 Å². The molecule has 4 N–H and O–H groups in total. The lowest BCUT2D eigenvalue weighted by Gasteiger charge is -2.03. The number of carbonyl (C=O) groups is 2. The number of nitrogens with two attached hydrogens (primary N) is 1. The summed E-state index contributed by atoms with van der Waals surface area (Å²) in [6, 6.07) is 1.57. The molecule has 7 heteroatoms. The van der Waals surface area contributed by atoms with E-state index < -0.39 is 5.91 Å². The molecule has 1 aromatic rings. The van der Waals surface area contributed by atoms with Crippen LogP contribution in [0.5, 0.6) is 0 Å². The summed E-state index contributed by atoms with van der Waals surface area (Å²) in [5, 5.41) is 13.3. The highest BCUT2D eigenvalue weighted by molar-refractivity contribution is 7.99. The van der Waals surface area contributed by atoms with Gasteiger partial charge in [-0.3, -0.25) is 9.59 Å². The molecule has 0 fully saturated rings. The van der Waals surface area contributed by atoms with Crippen LogP contribution in [0.25, 0.3) is 0 Å². The van der Waals surface area contributed by atoms with Gasteiger partial charge >= 0.3 is 0 Å². The van der Waals surface area contributed by atoms with Crippen molar-refractivity contribution in [2.45, 2.75) is 0 Å².